The molecule has 1 heterocycles. The lowest BCUT2D eigenvalue weighted by Crippen LogP contribution is -1.93. The van der Waals surface area contributed by atoms with Gasteiger partial charge in [-0.25, -0.2) is 9.97 Å². The zero-order valence-corrected chi connectivity index (χ0v) is 7.49. The zero-order chi connectivity index (χ0) is 9.26. The Bertz CT molecular complexity index is 437. The highest BCUT2D eigenvalue weighted by atomic mass is 14.8. The Balaban J connectivity index is 2.84. The van der Waals surface area contributed by atoms with Crippen LogP contribution in [-0.4, -0.2) is 9.97 Å². The maximum atomic E-state index is 5.79. The second-order valence-electron chi connectivity index (χ2n) is 2.95. The SMILES string of the molecule is CCc1ccc(N)c2ncncc12. The minimum Gasteiger partial charge on any atom is -0.397 e. The summed E-state index contributed by atoms with van der Waals surface area (Å²) in [6.45, 7) is 2.11. The first-order chi connectivity index (χ1) is 6.33. The fourth-order valence-corrected chi connectivity index (χ4v) is 1.46. The molecule has 1 aromatic carbocycles. The van der Waals surface area contributed by atoms with Gasteiger partial charge in [-0.1, -0.05) is 13.0 Å². The normalized spacial score (nSPS) is 10.5. The number of anilines is 1. The fourth-order valence-electron chi connectivity index (χ4n) is 1.46. The summed E-state index contributed by atoms with van der Waals surface area (Å²) >= 11 is 0. The molecule has 0 saturated heterocycles. The average molecular weight is 173 g/mol. The van der Waals surface area contributed by atoms with Crippen LogP contribution in [0.1, 0.15) is 12.5 Å². The molecule has 3 nitrogen and oxygen atoms in total. The molecule has 1 aromatic heterocycles. The molecule has 0 fully saturated rings. The highest BCUT2D eigenvalue weighted by Gasteiger charge is 2.02. The van der Waals surface area contributed by atoms with Gasteiger partial charge in [0.1, 0.15) is 6.33 Å². The van der Waals surface area contributed by atoms with Crippen LogP contribution in [0.3, 0.4) is 0 Å². The van der Waals surface area contributed by atoms with Gasteiger partial charge >= 0.3 is 0 Å². The number of hydrogen-bond acceptors (Lipinski definition) is 3. The van der Waals surface area contributed by atoms with Crippen LogP contribution in [0.5, 0.6) is 0 Å². The Labute approximate surface area is 76.6 Å². The Morgan fingerprint density at radius 3 is 3.00 bits per heavy atom. The van der Waals surface area contributed by atoms with E-state index in [1.807, 2.05) is 18.3 Å². The van der Waals surface area contributed by atoms with Gasteiger partial charge in [-0.2, -0.15) is 0 Å². The summed E-state index contributed by atoms with van der Waals surface area (Å²) in [5.41, 5.74) is 8.60. The Hall–Kier alpha value is -1.64. The lowest BCUT2D eigenvalue weighted by molar-refractivity contribution is 1.14. The molecule has 0 atom stereocenters. The summed E-state index contributed by atoms with van der Waals surface area (Å²) in [5.74, 6) is 0. The highest BCUT2D eigenvalue weighted by molar-refractivity contribution is 5.90. The third-order valence-electron chi connectivity index (χ3n) is 2.18. The van der Waals surface area contributed by atoms with Crippen LogP contribution < -0.4 is 5.73 Å². The van der Waals surface area contributed by atoms with Crippen LogP contribution in [0.4, 0.5) is 5.69 Å². The monoisotopic (exact) mass is 173 g/mol. The Kier molecular flexibility index (Phi) is 1.85. The van der Waals surface area contributed by atoms with E-state index >= 15 is 0 Å². The van der Waals surface area contributed by atoms with E-state index in [4.69, 9.17) is 5.73 Å². The van der Waals surface area contributed by atoms with E-state index in [2.05, 4.69) is 16.9 Å². The maximum absolute atomic E-state index is 5.79. The molecule has 2 rings (SSSR count). The molecule has 2 aromatic rings. The predicted octanol–water partition coefficient (Wildman–Crippen LogP) is 1.77. The van der Waals surface area contributed by atoms with Crippen molar-refractivity contribution in [3.63, 3.8) is 0 Å². The van der Waals surface area contributed by atoms with Gasteiger partial charge in [-0.3, -0.25) is 0 Å². The lowest BCUT2D eigenvalue weighted by atomic mass is 10.1. The van der Waals surface area contributed by atoms with Crippen molar-refractivity contribution >= 4 is 16.6 Å². The van der Waals surface area contributed by atoms with Gasteiger partial charge in [0, 0.05) is 11.6 Å². The van der Waals surface area contributed by atoms with Crippen molar-refractivity contribution in [1.29, 1.82) is 0 Å². The molecule has 0 aliphatic carbocycles. The van der Waals surface area contributed by atoms with Gasteiger partial charge in [0.05, 0.1) is 11.2 Å². The molecule has 66 valence electrons. The average Bonchev–Trinajstić information content (AvgIpc) is 2.19. The van der Waals surface area contributed by atoms with Crippen LogP contribution in [0.25, 0.3) is 10.9 Å². The van der Waals surface area contributed by atoms with E-state index in [0.717, 1.165) is 23.0 Å². The molecule has 0 aliphatic rings. The Morgan fingerprint density at radius 2 is 2.23 bits per heavy atom. The standard InChI is InChI=1S/C10H11N3/c1-2-7-3-4-9(11)10-8(7)5-12-6-13-10/h3-6H,2,11H2,1H3. The van der Waals surface area contributed by atoms with Crippen molar-refractivity contribution in [2.24, 2.45) is 0 Å². The third-order valence-corrected chi connectivity index (χ3v) is 2.18. The smallest absolute Gasteiger partial charge is 0.116 e. The number of nitrogens with two attached hydrogens (primary N) is 1. The van der Waals surface area contributed by atoms with Crippen molar-refractivity contribution in [2.45, 2.75) is 13.3 Å². The second kappa shape index (κ2) is 3.01. The van der Waals surface area contributed by atoms with E-state index in [-0.39, 0.29) is 0 Å². The summed E-state index contributed by atoms with van der Waals surface area (Å²) in [6, 6.07) is 3.93. The number of nitrogen functional groups attached to an aromatic ring is 1. The van der Waals surface area contributed by atoms with Gasteiger partial charge in [0.2, 0.25) is 0 Å². The molecular formula is C10H11N3. The maximum Gasteiger partial charge on any atom is 0.116 e. The summed E-state index contributed by atoms with van der Waals surface area (Å²) in [6.07, 6.45) is 4.32. The number of benzene rings is 1. The molecule has 0 unspecified atom stereocenters. The van der Waals surface area contributed by atoms with Crippen LogP contribution >= 0.6 is 0 Å². The van der Waals surface area contributed by atoms with Gasteiger partial charge in [0.25, 0.3) is 0 Å². The lowest BCUT2D eigenvalue weighted by Gasteiger charge is -2.04. The molecular weight excluding hydrogens is 162 g/mol. The van der Waals surface area contributed by atoms with Gasteiger partial charge in [0.15, 0.2) is 0 Å². The summed E-state index contributed by atoms with van der Waals surface area (Å²) in [5, 5.41) is 1.06. The van der Waals surface area contributed by atoms with E-state index in [1.165, 1.54) is 11.9 Å². The van der Waals surface area contributed by atoms with Crippen molar-refractivity contribution in [1.82, 2.24) is 9.97 Å². The van der Waals surface area contributed by atoms with Crippen LogP contribution in [0.15, 0.2) is 24.7 Å². The predicted molar refractivity (Wildman–Crippen MR) is 53.3 cm³/mol. The molecule has 0 amide bonds. The number of fused-ring (bicyclic) bond motifs is 1. The zero-order valence-electron chi connectivity index (χ0n) is 7.49. The minimum absolute atomic E-state index is 0.717. The summed E-state index contributed by atoms with van der Waals surface area (Å²) in [7, 11) is 0. The summed E-state index contributed by atoms with van der Waals surface area (Å²) in [4.78, 5) is 8.15. The number of nitrogens with zero attached hydrogens (tertiary/aromatic N) is 2. The molecule has 13 heavy (non-hydrogen) atoms. The fraction of sp³-hybridized carbons (Fsp3) is 0.200. The van der Waals surface area contributed by atoms with E-state index < -0.39 is 0 Å². The van der Waals surface area contributed by atoms with Crippen molar-refractivity contribution < 1.29 is 0 Å². The molecule has 0 aliphatic heterocycles. The molecule has 2 N–H and O–H groups in total. The number of hydrogen-bond donors (Lipinski definition) is 1. The van der Waals surface area contributed by atoms with Crippen LogP contribution in [0.2, 0.25) is 0 Å². The van der Waals surface area contributed by atoms with Crippen molar-refractivity contribution in [2.75, 3.05) is 5.73 Å². The molecule has 0 bridgehead atoms. The Morgan fingerprint density at radius 1 is 1.38 bits per heavy atom. The minimum atomic E-state index is 0.717. The number of rotatable bonds is 1. The van der Waals surface area contributed by atoms with Crippen LogP contribution in [0, 0.1) is 0 Å². The first kappa shape index (κ1) is 7.98. The number of aryl methyl sites for hydroxylation is 1. The highest BCUT2D eigenvalue weighted by Crippen LogP contribution is 2.21. The molecule has 0 spiro atoms. The van der Waals surface area contributed by atoms with E-state index in [9.17, 15) is 0 Å². The second-order valence-corrected chi connectivity index (χ2v) is 2.95. The topological polar surface area (TPSA) is 51.8 Å². The van der Waals surface area contributed by atoms with Gasteiger partial charge in [-0.05, 0) is 18.1 Å². The molecule has 0 radical (unpaired) electrons. The van der Waals surface area contributed by atoms with Crippen molar-refractivity contribution in [3.8, 4) is 0 Å². The first-order valence-electron chi connectivity index (χ1n) is 4.30. The third kappa shape index (κ3) is 1.22. The van der Waals surface area contributed by atoms with E-state index in [0.29, 0.717) is 0 Å². The summed E-state index contributed by atoms with van der Waals surface area (Å²) < 4.78 is 0. The largest absolute Gasteiger partial charge is 0.397 e. The van der Waals surface area contributed by atoms with E-state index in [1.54, 1.807) is 0 Å². The molecule has 3 heteroatoms. The van der Waals surface area contributed by atoms with Crippen molar-refractivity contribution in [3.05, 3.63) is 30.2 Å². The van der Waals surface area contributed by atoms with Gasteiger partial charge < -0.3 is 5.73 Å². The van der Waals surface area contributed by atoms with Crippen LogP contribution in [-0.2, 0) is 6.42 Å². The quantitative estimate of drug-likeness (QED) is 0.669. The first-order valence-corrected chi connectivity index (χ1v) is 4.30. The molecule has 0 saturated carbocycles. The number of aromatic nitrogens is 2. The van der Waals surface area contributed by atoms with Gasteiger partial charge in [-0.15, -0.1) is 0 Å².